The summed E-state index contributed by atoms with van der Waals surface area (Å²) in [5.41, 5.74) is 0. The molecule has 2 heteroatoms. The second-order valence-electron chi connectivity index (χ2n) is 2.84. The number of oxime groups is 1. The van der Waals surface area contributed by atoms with E-state index in [9.17, 15) is 0 Å². The topological polar surface area (TPSA) is 21.6 Å². The van der Waals surface area contributed by atoms with E-state index in [4.69, 9.17) is 4.84 Å². The highest BCUT2D eigenvalue weighted by molar-refractivity contribution is 5.21. The SMILES string of the molecule is C=NOCC(CC)CCCC. The summed E-state index contributed by atoms with van der Waals surface area (Å²) in [6.07, 6.45) is 4.98. The van der Waals surface area contributed by atoms with Crippen LogP contribution in [0.5, 0.6) is 0 Å². The van der Waals surface area contributed by atoms with E-state index < -0.39 is 0 Å². The predicted molar refractivity (Wildman–Crippen MR) is 48.8 cm³/mol. The van der Waals surface area contributed by atoms with Crippen molar-refractivity contribution in [1.82, 2.24) is 0 Å². The molecule has 2 nitrogen and oxygen atoms in total. The Labute approximate surface area is 69.6 Å². The summed E-state index contributed by atoms with van der Waals surface area (Å²) >= 11 is 0. The zero-order valence-electron chi connectivity index (χ0n) is 7.68. The van der Waals surface area contributed by atoms with E-state index in [2.05, 4.69) is 25.7 Å². The maximum Gasteiger partial charge on any atom is 0.119 e. The van der Waals surface area contributed by atoms with Crippen LogP contribution in [0.1, 0.15) is 39.5 Å². The molecule has 0 saturated carbocycles. The summed E-state index contributed by atoms with van der Waals surface area (Å²) in [6, 6.07) is 0. The van der Waals surface area contributed by atoms with Gasteiger partial charge in [-0.3, -0.25) is 0 Å². The Balaban J connectivity index is 3.32. The molecular weight excluding hydrogens is 138 g/mol. The first-order valence-corrected chi connectivity index (χ1v) is 4.43. The fraction of sp³-hybridized carbons (Fsp3) is 0.889. The molecule has 0 heterocycles. The van der Waals surface area contributed by atoms with Crippen LogP contribution in [-0.4, -0.2) is 13.3 Å². The summed E-state index contributed by atoms with van der Waals surface area (Å²) in [6.45, 7) is 8.41. The lowest BCUT2D eigenvalue weighted by molar-refractivity contribution is 0.103. The van der Waals surface area contributed by atoms with E-state index >= 15 is 0 Å². The van der Waals surface area contributed by atoms with Gasteiger partial charge in [-0.05, 0) is 18.8 Å². The van der Waals surface area contributed by atoms with Crippen molar-refractivity contribution in [3.8, 4) is 0 Å². The summed E-state index contributed by atoms with van der Waals surface area (Å²) in [5.74, 6) is 0.667. The Bertz CT molecular complexity index is 93.6. The highest BCUT2D eigenvalue weighted by Gasteiger charge is 2.04. The molecule has 0 spiro atoms. The van der Waals surface area contributed by atoms with Crippen molar-refractivity contribution in [1.29, 1.82) is 0 Å². The van der Waals surface area contributed by atoms with E-state index in [0.717, 1.165) is 6.61 Å². The monoisotopic (exact) mass is 157 g/mol. The lowest BCUT2D eigenvalue weighted by Gasteiger charge is -2.11. The first-order chi connectivity index (χ1) is 5.35. The Kier molecular flexibility index (Phi) is 7.21. The van der Waals surface area contributed by atoms with E-state index in [1.54, 1.807) is 0 Å². The average Bonchev–Trinajstić information content (AvgIpc) is 2.05. The third kappa shape index (κ3) is 5.89. The van der Waals surface area contributed by atoms with Crippen molar-refractivity contribution < 1.29 is 4.84 Å². The molecule has 0 radical (unpaired) electrons. The van der Waals surface area contributed by atoms with Crippen molar-refractivity contribution in [3.63, 3.8) is 0 Å². The van der Waals surface area contributed by atoms with Crippen LogP contribution in [0.25, 0.3) is 0 Å². The minimum absolute atomic E-state index is 0.667. The highest BCUT2D eigenvalue weighted by Crippen LogP contribution is 2.12. The molecule has 0 aliphatic rings. The van der Waals surface area contributed by atoms with Gasteiger partial charge < -0.3 is 4.84 Å². The normalized spacial score (nSPS) is 12.5. The minimum atomic E-state index is 0.667. The fourth-order valence-corrected chi connectivity index (χ4v) is 1.06. The van der Waals surface area contributed by atoms with Gasteiger partial charge in [0.05, 0.1) is 0 Å². The molecule has 0 aliphatic heterocycles. The van der Waals surface area contributed by atoms with Crippen LogP contribution >= 0.6 is 0 Å². The van der Waals surface area contributed by atoms with Crippen LogP contribution < -0.4 is 0 Å². The molecule has 0 fully saturated rings. The van der Waals surface area contributed by atoms with Crippen LogP contribution in [0.4, 0.5) is 0 Å². The molecule has 1 atom stereocenters. The predicted octanol–water partition coefficient (Wildman–Crippen LogP) is 2.84. The van der Waals surface area contributed by atoms with Gasteiger partial charge in [-0.15, -0.1) is 5.16 Å². The van der Waals surface area contributed by atoms with Gasteiger partial charge in [0.2, 0.25) is 0 Å². The third-order valence-corrected chi connectivity index (χ3v) is 1.94. The summed E-state index contributed by atoms with van der Waals surface area (Å²) in [5, 5.41) is 3.38. The second-order valence-corrected chi connectivity index (χ2v) is 2.84. The molecule has 11 heavy (non-hydrogen) atoms. The van der Waals surface area contributed by atoms with Crippen LogP contribution in [0.2, 0.25) is 0 Å². The average molecular weight is 157 g/mol. The van der Waals surface area contributed by atoms with Crippen LogP contribution in [0, 0.1) is 5.92 Å². The van der Waals surface area contributed by atoms with Crippen molar-refractivity contribution in [3.05, 3.63) is 0 Å². The van der Waals surface area contributed by atoms with Gasteiger partial charge in [0.15, 0.2) is 0 Å². The van der Waals surface area contributed by atoms with Gasteiger partial charge in [-0.2, -0.15) is 0 Å². The minimum Gasteiger partial charge on any atom is -0.396 e. The van der Waals surface area contributed by atoms with E-state index in [1.807, 2.05) is 0 Å². The van der Waals surface area contributed by atoms with Gasteiger partial charge in [-0.1, -0.05) is 26.7 Å². The molecule has 0 rings (SSSR count). The molecule has 0 amide bonds. The first-order valence-electron chi connectivity index (χ1n) is 4.43. The number of hydrogen-bond acceptors (Lipinski definition) is 2. The standard InChI is InChI=1S/C9H19NO/c1-4-6-7-9(5-2)8-11-10-3/h9H,3-8H2,1-2H3. The van der Waals surface area contributed by atoms with E-state index in [-0.39, 0.29) is 0 Å². The van der Waals surface area contributed by atoms with Gasteiger partial charge in [0.1, 0.15) is 6.61 Å². The lowest BCUT2D eigenvalue weighted by Crippen LogP contribution is -2.05. The molecule has 0 aliphatic carbocycles. The Morgan fingerprint density at radius 2 is 2.18 bits per heavy atom. The molecule has 0 aromatic carbocycles. The largest absolute Gasteiger partial charge is 0.396 e. The van der Waals surface area contributed by atoms with Crippen LogP contribution in [-0.2, 0) is 4.84 Å². The van der Waals surface area contributed by atoms with Crippen molar-refractivity contribution in [2.75, 3.05) is 6.61 Å². The Hall–Kier alpha value is -0.530. The van der Waals surface area contributed by atoms with Crippen molar-refractivity contribution >= 4 is 6.72 Å². The van der Waals surface area contributed by atoms with Crippen LogP contribution in [0.15, 0.2) is 5.16 Å². The lowest BCUT2D eigenvalue weighted by atomic mass is 10.0. The van der Waals surface area contributed by atoms with E-state index in [1.165, 1.54) is 25.7 Å². The quantitative estimate of drug-likeness (QED) is 0.411. The first kappa shape index (κ1) is 10.5. The third-order valence-electron chi connectivity index (χ3n) is 1.94. The van der Waals surface area contributed by atoms with Gasteiger partial charge in [0.25, 0.3) is 0 Å². The maximum absolute atomic E-state index is 4.90. The number of nitrogens with zero attached hydrogens (tertiary/aromatic N) is 1. The van der Waals surface area contributed by atoms with Gasteiger partial charge >= 0.3 is 0 Å². The highest BCUT2D eigenvalue weighted by atomic mass is 16.6. The summed E-state index contributed by atoms with van der Waals surface area (Å²) in [4.78, 5) is 4.90. The molecule has 0 N–H and O–H groups in total. The zero-order chi connectivity index (χ0) is 8.53. The number of hydrogen-bond donors (Lipinski definition) is 0. The fourth-order valence-electron chi connectivity index (χ4n) is 1.06. The number of rotatable bonds is 7. The molecular formula is C9H19NO. The summed E-state index contributed by atoms with van der Waals surface area (Å²) in [7, 11) is 0. The molecule has 0 aromatic heterocycles. The summed E-state index contributed by atoms with van der Waals surface area (Å²) < 4.78 is 0. The van der Waals surface area contributed by atoms with Crippen LogP contribution in [0.3, 0.4) is 0 Å². The van der Waals surface area contributed by atoms with E-state index in [0.29, 0.717) is 5.92 Å². The van der Waals surface area contributed by atoms with Gasteiger partial charge in [0, 0.05) is 6.72 Å². The molecule has 0 saturated heterocycles. The van der Waals surface area contributed by atoms with Crippen molar-refractivity contribution in [2.24, 2.45) is 11.1 Å². The molecule has 0 aromatic rings. The number of unbranched alkanes of at least 4 members (excludes halogenated alkanes) is 1. The maximum atomic E-state index is 4.90. The molecule has 66 valence electrons. The molecule has 1 unspecified atom stereocenters. The zero-order valence-corrected chi connectivity index (χ0v) is 7.68. The smallest absolute Gasteiger partial charge is 0.119 e. The van der Waals surface area contributed by atoms with Gasteiger partial charge in [-0.25, -0.2) is 0 Å². The Morgan fingerprint density at radius 1 is 1.45 bits per heavy atom. The van der Waals surface area contributed by atoms with Crippen molar-refractivity contribution in [2.45, 2.75) is 39.5 Å². The Morgan fingerprint density at radius 3 is 2.64 bits per heavy atom. The second kappa shape index (κ2) is 7.58. The molecule has 0 bridgehead atoms.